The van der Waals surface area contributed by atoms with Crippen molar-refractivity contribution in [1.82, 2.24) is 10.2 Å². The minimum atomic E-state index is -0.255. The molecule has 1 aliphatic heterocycles. The second-order valence-corrected chi connectivity index (χ2v) is 6.86. The van der Waals surface area contributed by atoms with Crippen molar-refractivity contribution in [2.45, 2.75) is 19.9 Å². The summed E-state index contributed by atoms with van der Waals surface area (Å²) in [6.07, 6.45) is 0. The van der Waals surface area contributed by atoms with E-state index >= 15 is 0 Å². The molecular weight excluding hydrogens is 329 g/mol. The second-order valence-electron chi connectivity index (χ2n) is 6.86. The fraction of sp³-hybridized carbons (Fsp3) is 0.381. The van der Waals surface area contributed by atoms with Gasteiger partial charge in [0.2, 0.25) is 5.91 Å². The topological polar surface area (TPSA) is 35.6 Å². The van der Waals surface area contributed by atoms with Gasteiger partial charge in [-0.25, -0.2) is 4.39 Å². The van der Waals surface area contributed by atoms with E-state index < -0.39 is 0 Å². The van der Waals surface area contributed by atoms with E-state index in [-0.39, 0.29) is 24.3 Å². The van der Waals surface area contributed by atoms with Crippen LogP contribution in [0.15, 0.2) is 48.5 Å². The first-order valence-electron chi connectivity index (χ1n) is 9.11. The normalized spacial score (nSPS) is 15.8. The minimum absolute atomic E-state index is 0.0665. The fourth-order valence-corrected chi connectivity index (χ4v) is 3.28. The third-order valence-corrected chi connectivity index (χ3v) is 4.91. The highest BCUT2D eigenvalue weighted by atomic mass is 19.1. The van der Waals surface area contributed by atoms with E-state index in [1.54, 1.807) is 6.07 Å². The molecule has 1 unspecified atom stereocenters. The molecule has 1 amide bonds. The predicted octanol–water partition coefficient (Wildman–Crippen LogP) is 3.13. The van der Waals surface area contributed by atoms with Crippen LogP contribution in [0.25, 0.3) is 0 Å². The molecule has 2 aromatic carbocycles. The van der Waals surface area contributed by atoms with E-state index in [0.717, 1.165) is 31.7 Å². The standard InChI is InChI=1S/C21H26FN3O/c1-16-5-3-8-20(13-16)24-9-11-25(12-10-24)21(26)15-23-17(2)18-6-4-7-19(22)14-18/h3-8,13-14,17,23H,9-12,15H2,1-2H3. The molecule has 1 saturated heterocycles. The number of halogens is 1. The molecule has 1 atom stereocenters. The van der Waals surface area contributed by atoms with Crippen molar-refractivity contribution in [2.24, 2.45) is 0 Å². The lowest BCUT2D eigenvalue weighted by Gasteiger charge is -2.36. The Kier molecular flexibility index (Phi) is 5.89. The van der Waals surface area contributed by atoms with Gasteiger partial charge in [-0.15, -0.1) is 0 Å². The highest BCUT2D eigenvalue weighted by molar-refractivity contribution is 5.78. The number of rotatable bonds is 5. The summed E-state index contributed by atoms with van der Waals surface area (Å²) in [5.74, 6) is -0.160. The van der Waals surface area contributed by atoms with Gasteiger partial charge < -0.3 is 15.1 Å². The van der Waals surface area contributed by atoms with Crippen molar-refractivity contribution in [1.29, 1.82) is 0 Å². The Morgan fingerprint density at radius 2 is 1.85 bits per heavy atom. The fourth-order valence-electron chi connectivity index (χ4n) is 3.28. The number of hydrogen-bond donors (Lipinski definition) is 1. The van der Waals surface area contributed by atoms with Crippen LogP contribution in [0.4, 0.5) is 10.1 Å². The number of piperazine rings is 1. The second kappa shape index (κ2) is 8.32. The number of amides is 1. The molecule has 1 N–H and O–H groups in total. The van der Waals surface area contributed by atoms with Gasteiger partial charge in [0.05, 0.1) is 6.54 Å². The van der Waals surface area contributed by atoms with E-state index in [1.807, 2.05) is 17.9 Å². The highest BCUT2D eigenvalue weighted by Crippen LogP contribution is 2.18. The Hall–Kier alpha value is -2.40. The first-order chi connectivity index (χ1) is 12.5. The quantitative estimate of drug-likeness (QED) is 0.895. The highest BCUT2D eigenvalue weighted by Gasteiger charge is 2.21. The van der Waals surface area contributed by atoms with Crippen LogP contribution in [0, 0.1) is 12.7 Å². The molecule has 1 aliphatic rings. The summed E-state index contributed by atoms with van der Waals surface area (Å²) in [6.45, 7) is 7.43. The molecule has 0 spiro atoms. The minimum Gasteiger partial charge on any atom is -0.368 e. The first-order valence-corrected chi connectivity index (χ1v) is 9.11. The molecule has 0 aromatic heterocycles. The number of carbonyl (C=O) groups is 1. The molecule has 138 valence electrons. The molecule has 0 radical (unpaired) electrons. The van der Waals surface area contributed by atoms with Crippen LogP contribution < -0.4 is 10.2 Å². The molecule has 1 heterocycles. The van der Waals surface area contributed by atoms with Gasteiger partial charge in [0.15, 0.2) is 0 Å². The van der Waals surface area contributed by atoms with Gasteiger partial charge in [-0.3, -0.25) is 4.79 Å². The Labute approximate surface area is 154 Å². The van der Waals surface area contributed by atoms with E-state index in [9.17, 15) is 9.18 Å². The van der Waals surface area contributed by atoms with Gasteiger partial charge in [-0.2, -0.15) is 0 Å². The average molecular weight is 355 g/mol. The Balaban J connectivity index is 1.48. The van der Waals surface area contributed by atoms with Gasteiger partial charge in [0.25, 0.3) is 0 Å². The number of hydrogen-bond acceptors (Lipinski definition) is 3. The summed E-state index contributed by atoms with van der Waals surface area (Å²) in [5.41, 5.74) is 3.31. The SMILES string of the molecule is Cc1cccc(N2CCN(C(=O)CNC(C)c3cccc(F)c3)CC2)c1. The lowest BCUT2D eigenvalue weighted by Crippen LogP contribution is -2.51. The Morgan fingerprint density at radius 3 is 2.54 bits per heavy atom. The van der Waals surface area contributed by atoms with Crippen LogP contribution in [0.2, 0.25) is 0 Å². The zero-order valence-electron chi connectivity index (χ0n) is 15.4. The lowest BCUT2D eigenvalue weighted by atomic mass is 10.1. The molecule has 1 fully saturated rings. The Bertz CT molecular complexity index is 756. The molecule has 5 heteroatoms. The van der Waals surface area contributed by atoms with Crippen molar-refractivity contribution in [3.63, 3.8) is 0 Å². The van der Waals surface area contributed by atoms with Crippen LogP contribution in [0.3, 0.4) is 0 Å². The zero-order chi connectivity index (χ0) is 18.5. The van der Waals surface area contributed by atoms with Gasteiger partial charge in [-0.1, -0.05) is 24.3 Å². The first kappa shape index (κ1) is 18.4. The molecule has 3 rings (SSSR count). The van der Waals surface area contributed by atoms with Crippen LogP contribution >= 0.6 is 0 Å². The number of nitrogens with one attached hydrogen (secondary N) is 1. The molecule has 0 aliphatic carbocycles. The van der Waals surface area contributed by atoms with Crippen molar-refractivity contribution in [3.05, 3.63) is 65.5 Å². The van der Waals surface area contributed by atoms with Crippen molar-refractivity contribution >= 4 is 11.6 Å². The summed E-state index contributed by atoms with van der Waals surface area (Å²) in [4.78, 5) is 16.7. The number of nitrogens with zero attached hydrogens (tertiary/aromatic N) is 2. The molecular formula is C21H26FN3O. The number of benzene rings is 2. The summed E-state index contributed by atoms with van der Waals surface area (Å²) >= 11 is 0. The monoisotopic (exact) mass is 355 g/mol. The Morgan fingerprint density at radius 1 is 1.12 bits per heavy atom. The smallest absolute Gasteiger partial charge is 0.236 e. The maximum Gasteiger partial charge on any atom is 0.236 e. The molecule has 26 heavy (non-hydrogen) atoms. The van der Waals surface area contributed by atoms with E-state index in [0.29, 0.717) is 0 Å². The van der Waals surface area contributed by atoms with Crippen molar-refractivity contribution < 1.29 is 9.18 Å². The van der Waals surface area contributed by atoms with Crippen LogP contribution in [0.1, 0.15) is 24.1 Å². The van der Waals surface area contributed by atoms with Gasteiger partial charge in [0.1, 0.15) is 5.82 Å². The van der Waals surface area contributed by atoms with Gasteiger partial charge in [0, 0.05) is 37.9 Å². The summed E-state index contributed by atoms with van der Waals surface area (Å²) in [5, 5.41) is 3.20. The predicted molar refractivity (Wildman–Crippen MR) is 103 cm³/mol. The van der Waals surface area contributed by atoms with Crippen LogP contribution in [-0.2, 0) is 4.79 Å². The van der Waals surface area contributed by atoms with Crippen molar-refractivity contribution in [2.75, 3.05) is 37.6 Å². The molecule has 4 nitrogen and oxygen atoms in total. The molecule has 0 bridgehead atoms. The van der Waals surface area contributed by atoms with Gasteiger partial charge >= 0.3 is 0 Å². The summed E-state index contributed by atoms with van der Waals surface area (Å²) in [6, 6.07) is 14.9. The lowest BCUT2D eigenvalue weighted by molar-refractivity contribution is -0.130. The third-order valence-electron chi connectivity index (χ3n) is 4.91. The van der Waals surface area contributed by atoms with Crippen LogP contribution in [-0.4, -0.2) is 43.5 Å². The summed E-state index contributed by atoms with van der Waals surface area (Å²) in [7, 11) is 0. The average Bonchev–Trinajstić information content (AvgIpc) is 2.66. The van der Waals surface area contributed by atoms with Gasteiger partial charge in [-0.05, 0) is 49.2 Å². The van der Waals surface area contributed by atoms with E-state index in [2.05, 4.69) is 41.4 Å². The number of carbonyl (C=O) groups excluding carboxylic acids is 1. The molecule has 2 aromatic rings. The number of aryl methyl sites for hydroxylation is 1. The zero-order valence-corrected chi connectivity index (χ0v) is 15.4. The maximum absolute atomic E-state index is 13.3. The van der Waals surface area contributed by atoms with E-state index in [1.165, 1.54) is 23.4 Å². The van der Waals surface area contributed by atoms with E-state index in [4.69, 9.17) is 0 Å². The number of anilines is 1. The summed E-state index contributed by atoms with van der Waals surface area (Å²) < 4.78 is 13.3. The molecule has 0 saturated carbocycles. The van der Waals surface area contributed by atoms with Crippen LogP contribution in [0.5, 0.6) is 0 Å². The van der Waals surface area contributed by atoms with Crippen molar-refractivity contribution in [3.8, 4) is 0 Å². The maximum atomic E-state index is 13.3. The largest absolute Gasteiger partial charge is 0.368 e. The third kappa shape index (κ3) is 4.61.